The lowest BCUT2D eigenvalue weighted by Gasteiger charge is -2.27. The van der Waals surface area contributed by atoms with Gasteiger partial charge < -0.3 is 16.8 Å². The first-order valence-electron chi connectivity index (χ1n) is 4.89. The molecule has 0 aromatic heterocycles. The Morgan fingerprint density at radius 2 is 2.06 bits per heavy atom. The smallest absolute Gasteiger partial charge is 0.377 e. The summed E-state index contributed by atoms with van der Waals surface area (Å²) in [4.78, 5) is 14.7. The maximum Gasteiger partial charge on any atom is 0.418 e. The highest BCUT2D eigenvalue weighted by Gasteiger charge is 2.45. The molecule has 6 nitrogen and oxygen atoms in total. The Morgan fingerprint density at radius 1 is 1.44 bits per heavy atom. The van der Waals surface area contributed by atoms with Gasteiger partial charge in [-0.1, -0.05) is 6.08 Å². The summed E-state index contributed by atoms with van der Waals surface area (Å²) in [5.41, 5.74) is 10.7. The lowest BCUT2D eigenvalue weighted by atomic mass is 9.99. The molecule has 1 aliphatic rings. The number of carbonyl (C=O) groups excluding carboxylic acids is 1. The molecule has 102 valence electrons. The molecule has 0 saturated carbocycles. The molecule has 7 N–H and O–H groups in total. The summed E-state index contributed by atoms with van der Waals surface area (Å²) in [6.07, 6.45) is -4.44. The zero-order valence-corrected chi connectivity index (χ0v) is 9.20. The van der Waals surface area contributed by atoms with Crippen molar-refractivity contribution in [2.45, 2.75) is 18.3 Å². The van der Waals surface area contributed by atoms with Crippen LogP contribution >= 0.6 is 0 Å². The van der Waals surface area contributed by atoms with Crippen molar-refractivity contribution in [1.29, 1.82) is 0 Å². The van der Waals surface area contributed by atoms with E-state index in [0.717, 1.165) is 0 Å². The molecule has 0 bridgehead atoms. The standard InChI is InChI=1S/C9H13F3N4O2/c10-9(11,12)7(18-15)6(13)4-1-2-5(8(14)17)16-3-4/h1-2,6-7,16H,3,13,15H2,(H2,14,17)/t6?,7-/m1/s1. The highest BCUT2D eigenvalue weighted by Crippen LogP contribution is 2.26. The fourth-order valence-electron chi connectivity index (χ4n) is 1.46. The Kier molecular flexibility index (Phi) is 4.33. The van der Waals surface area contributed by atoms with Crippen LogP contribution in [0.1, 0.15) is 0 Å². The number of hydrogen-bond acceptors (Lipinski definition) is 5. The van der Waals surface area contributed by atoms with E-state index in [1.165, 1.54) is 12.2 Å². The van der Waals surface area contributed by atoms with Crippen molar-refractivity contribution < 1.29 is 22.8 Å². The molecule has 1 amide bonds. The quantitative estimate of drug-likeness (QED) is 0.489. The molecule has 1 heterocycles. The van der Waals surface area contributed by atoms with E-state index >= 15 is 0 Å². The molecular formula is C9H13F3N4O2. The summed E-state index contributed by atoms with van der Waals surface area (Å²) in [5.74, 6) is 3.90. The fraction of sp³-hybridized carbons (Fsp3) is 0.444. The second kappa shape index (κ2) is 5.38. The van der Waals surface area contributed by atoms with Crippen LogP contribution in [0.4, 0.5) is 13.2 Å². The average molecular weight is 266 g/mol. The number of nitrogens with two attached hydrogens (primary N) is 3. The number of alkyl halides is 3. The van der Waals surface area contributed by atoms with E-state index in [4.69, 9.17) is 11.5 Å². The van der Waals surface area contributed by atoms with E-state index in [1.807, 2.05) is 0 Å². The van der Waals surface area contributed by atoms with Gasteiger partial charge in [-0.05, 0) is 11.6 Å². The summed E-state index contributed by atoms with van der Waals surface area (Å²) < 4.78 is 37.5. The molecule has 0 aliphatic carbocycles. The summed E-state index contributed by atoms with van der Waals surface area (Å²) >= 11 is 0. The SMILES string of the molecule is NO[C@H](C(N)C1=CC=C(C(N)=O)NC1)C(F)(F)F. The van der Waals surface area contributed by atoms with E-state index in [-0.39, 0.29) is 17.8 Å². The largest absolute Gasteiger partial charge is 0.418 e. The van der Waals surface area contributed by atoms with Crippen LogP contribution in [0.15, 0.2) is 23.4 Å². The summed E-state index contributed by atoms with van der Waals surface area (Å²) in [7, 11) is 0. The predicted octanol–water partition coefficient (Wildman–Crippen LogP) is -0.966. The maximum atomic E-state index is 12.5. The fourth-order valence-corrected chi connectivity index (χ4v) is 1.46. The Morgan fingerprint density at radius 3 is 2.39 bits per heavy atom. The molecule has 0 aromatic rings. The molecule has 9 heteroatoms. The van der Waals surface area contributed by atoms with Crippen LogP contribution in [0.25, 0.3) is 0 Å². The van der Waals surface area contributed by atoms with Crippen LogP contribution in [0.5, 0.6) is 0 Å². The highest BCUT2D eigenvalue weighted by molar-refractivity contribution is 5.91. The van der Waals surface area contributed by atoms with Gasteiger partial charge in [0.05, 0.1) is 11.7 Å². The van der Waals surface area contributed by atoms with Crippen LogP contribution in [0.2, 0.25) is 0 Å². The van der Waals surface area contributed by atoms with Gasteiger partial charge in [0.2, 0.25) is 0 Å². The van der Waals surface area contributed by atoms with E-state index in [9.17, 15) is 18.0 Å². The van der Waals surface area contributed by atoms with Gasteiger partial charge in [0.25, 0.3) is 5.91 Å². The van der Waals surface area contributed by atoms with Gasteiger partial charge in [0, 0.05) is 6.54 Å². The van der Waals surface area contributed by atoms with Gasteiger partial charge in [-0.15, -0.1) is 0 Å². The highest BCUT2D eigenvalue weighted by atomic mass is 19.4. The van der Waals surface area contributed by atoms with Gasteiger partial charge in [-0.25, -0.2) is 5.90 Å². The zero-order chi connectivity index (χ0) is 13.9. The zero-order valence-electron chi connectivity index (χ0n) is 9.20. The molecule has 0 spiro atoms. The lowest BCUT2D eigenvalue weighted by molar-refractivity contribution is -0.225. The number of allylic oxidation sites excluding steroid dienone is 2. The second-order valence-electron chi connectivity index (χ2n) is 3.66. The predicted molar refractivity (Wildman–Crippen MR) is 56.5 cm³/mol. The molecule has 0 radical (unpaired) electrons. The summed E-state index contributed by atoms with van der Waals surface area (Å²) in [6.45, 7) is -0.0358. The number of amides is 1. The number of dihydropyridines is 1. The Labute approximate surface area is 101 Å². The van der Waals surface area contributed by atoms with Crippen molar-refractivity contribution in [2.24, 2.45) is 17.4 Å². The summed E-state index contributed by atoms with van der Waals surface area (Å²) in [5, 5.41) is 2.55. The lowest BCUT2D eigenvalue weighted by Crippen LogP contribution is -2.51. The van der Waals surface area contributed by atoms with Gasteiger partial charge in [0.1, 0.15) is 0 Å². The van der Waals surface area contributed by atoms with Gasteiger partial charge in [0.15, 0.2) is 6.10 Å². The molecule has 2 atom stereocenters. The number of primary amides is 1. The second-order valence-corrected chi connectivity index (χ2v) is 3.66. The van der Waals surface area contributed by atoms with Crippen molar-refractivity contribution in [1.82, 2.24) is 5.32 Å². The third-order valence-electron chi connectivity index (χ3n) is 2.44. The normalized spacial score (nSPS) is 19.4. The Bertz CT molecular complexity index is 392. The number of halogens is 3. The van der Waals surface area contributed by atoms with Crippen LogP contribution < -0.4 is 22.7 Å². The monoisotopic (exact) mass is 266 g/mol. The third kappa shape index (κ3) is 3.22. The van der Waals surface area contributed by atoms with Crippen molar-refractivity contribution in [2.75, 3.05) is 6.54 Å². The van der Waals surface area contributed by atoms with Crippen molar-refractivity contribution in [3.8, 4) is 0 Å². The van der Waals surface area contributed by atoms with Crippen molar-refractivity contribution in [3.63, 3.8) is 0 Å². The molecule has 18 heavy (non-hydrogen) atoms. The van der Waals surface area contributed by atoms with E-state index in [2.05, 4.69) is 16.1 Å². The Balaban J connectivity index is 2.86. The van der Waals surface area contributed by atoms with Gasteiger partial charge in [-0.3, -0.25) is 9.63 Å². The minimum absolute atomic E-state index is 0.0358. The minimum Gasteiger partial charge on any atom is -0.377 e. The number of carbonyl (C=O) groups is 1. The minimum atomic E-state index is -4.68. The van der Waals surface area contributed by atoms with Crippen LogP contribution in [0, 0.1) is 0 Å². The average Bonchev–Trinajstić information content (AvgIpc) is 2.28. The van der Waals surface area contributed by atoms with E-state index in [1.54, 1.807) is 0 Å². The molecule has 0 saturated heterocycles. The topological polar surface area (TPSA) is 116 Å². The molecule has 0 fully saturated rings. The van der Waals surface area contributed by atoms with Gasteiger partial charge >= 0.3 is 6.18 Å². The first-order valence-corrected chi connectivity index (χ1v) is 4.89. The molecule has 1 rings (SSSR count). The molecule has 1 aliphatic heterocycles. The molecular weight excluding hydrogens is 253 g/mol. The van der Waals surface area contributed by atoms with Crippen molar-refractivity contribution >= 4 is 5.91 Å². The first kappa shape index (κ1) is 14.5. The Hall–Kier alpha value is -1.58. The number of rotatable bonds is 4. The number of hydrogen-bond donors (Lipinski definition) is 4. The van der Waals surface area contributed by atoms with Crippen LogP contribution in [-0.2, 0) is 9.63 Å². The first-order chi connectivity index (χ1) is 8.27. The molecule has 1 unspecified atom stereocenters. The van der Waals surface area contributed by atoms with Gasteiger partial charge in [-0.2, -0.15) is 13.2 Å². The maximum absolute atomic E-state index is 12.5. The van der Waals surface area contributed by atoms with E-state index < -0.39 is 24.2 Å². The van der Waals surface area contributed by atoms with Crippen molar-refractivity contribution in [3.05, 3.63) is 23.4 Å². The third-order valence-corrected chi connectivity index (χ3v) is 2.44. The number of nitrogens with one attached hydrogen (secondary N) is 1. The van der Waals surface area contributed by atoms with Crippen LogP contribution in [-0.4, -0.2) is 30.8 Å². The van der Waals surface area contributed by atoms with Crippen LogP contribution in [0.3, 0.4) is 0 Å². The van der Waals surface area contributed by atoms with E-state index in [0.29, 0.717) is 0 Å². The summed E-state index contributed by atoms with van der Waals surface area (Å²) in [6, 6.07) is -1.46. The molecule has 0 aromatic carbocycles.